The van der Waals surface area contributed by atoms with Crippen LogP contribution in [-0.4, -0.2) is 75.5 Å². The van der Waals surface area contributed by atoms with Gasteiger partial charge in [0.2, 0.25) is 0 Å². The van der Waals surface area contributed by atoms with Gasteiger partial charge in [-0.25, -0.2) is 0 Å². The van der Waals surface area contributed by atoms with Crippen LogP contribution in [0.4, 0.5) is 0 Å². The number of carbonyl (C=O) groups is 3. The molecule has 0 aliphatic carbocycles. The van der Waals surface area contributed by atoms with E-state index in [0.29, 0.717) is 6.42 Å². The molecule has 8 nitrogen and oxygen atoms in total. The quantitative estimate of drug-likeness (QED) is 0.0266. The zero-order valence-corrected chi connectivity index (χ0v) is 35.8. The highest BCUT2D eigenvalue weighted by atomic mass is 16.6. The second kappa shape index (κ2) is 37.9. The van der Waals surface area contributed by atoms with Gasteiger partial charge in [0.15, 0.2) is 6.10 Å². The molecule has 0 radical (unpaired) electrons. The summed E-state index contributed by atoms with van der Waals surface area (Å²) in [7, 11) is 5.39. The number of esters is 2. The van der Waals surface area contributed by atoms with E-state index in [1.165, 1.54) is 44.9 Å². The standard InChI is InChI=1S/C47H81NO7/c1-6-8-10-12-14-16-18-20-22-23-24-26-28-30-32-34-36-38-46(50)55-43(41-53-40-39-44(47(51)52)48(3,4)5)42-54-45(49)37-35-33-31-29-27-25-21-19-17-15-13-11-9-7-2/h8,10,14,16,19-22,24,26,43-44H,6-7,9,11-13,15,17-18,23,25,27-42H2,1-5H3/b10-8-,16-14-,21-19-,22-20-,26-24-. The third-order valence-electron chi connectivity index (χ3n) is 9.39. The van der Waals surface area contributed by atoms with E-state index in [1.807, 2.05) is 0 Å². The van der Waals surface area contributed by atoms with Crippen molar-refractivity contribution < 1.29 is 38.2 Å². The SMILES string of the molecule is CC/C=C\C/C=C\C/C=C\C/C=C\CCCCCCC(=O)OC(COCCC(C(=O)[O-])[N+](C)(C)C)COC(=O)CCCCCCC/C=C\CCCCCCC. The van der Waals surface area contributed by atoms with Crippen LogP contribution in [-0.2, 0) is 28.6 Å². The monoisotopic (exact) mass is 772 g/mol. The van der Waals surface area contributed by atoms with Gasteiger partial charge in [-0.05, 0) is 77.0 Å². The van der Waals surface area contributed by atoms with Crippen molar-refractivity contribution in [3.63, 3.8) is 0 Å². The van der Waals surface area contributed by atoms with E-state index in [1.54, 1.807) is 21.1 Å². The number of aliphatic carboxylic acids is 1. The molecule has 0 heterocycles. The topological polar surface area (TPSA) is 102 Å². The van der Waals surface area contributed by atoms with Gasteiger partial charge in [0.1, 0.15) is 12.6 Å². The maximum absolute atomic E-state index is 12.7. The molecular weight excluding hydrogens is 691 g/mol. The molecule has 0 saturated carbocycles. The molecular formula is C47H81NO7. The molecule has 0 aromatic rings. The molecule has 316 valence electrons. The van der Waals surface area contributed by atoms with E-state index >= 15 is 0 Å². The first-order valence-corrected chi connectivity index (χ1v) is 21.8. The fourth-order valence-corrected chi connectivity index (χ4v) is 6.00. The van der Waals surface area contributed by atoms with Crippen molar-refractivity contribution in [2.45, 2.75) is 180 Å². The van der Waals surface area contributed by atoms with Crippen molar-refractivity contribution in [3.8, 4) is 0 Å². The van der Waals surface area contributed by atoms with Crippen LogP contribution in [0.5, 0.6) is 0 Å². The lowest BCUT2D eigenvalue weighted by molar-refractivity contribution is -0.889. The molecule has 0 spiro atoms. The molecule has 2 atom stereocenters. The average molecular weight is 772 g/mol. The summed E-state index contributed by atoms with van der Waals surface area (Å²) < 4.78 is 17.1. The summed E-state index contributed by atoms with van der Waals surface area (Å²) in [6.07, 6.45) is 45.2. The minimum atomic E-state index is -1.13. The highest BCUT2D eigenvalue weighted by Crippen LogP contribution is 2.13. The molecule has 0 rings (SSSR count). The van der Waals surface area contributed by atoms with Crippen molar-refractivity contribution in [1.82, 2.24) is 0 Å². The van der Waals surface area contributed by atoms with Crippen molar-refractivity contribution >= 4 is 17.9 Å². The number of quaternary nitrogens is 1. The Bertz CT molecular complexity index is 1090. The van der Waals surface area contributed by atoms with E-state index in [-0.39, 0.29) is 49.1 Å². The van der Waals surface area contributed by atoms with E-state index in [4.69, 9.17) is 14.2 Å². The maximum Gasteiger partial charge on any atom is 0.306 e. The van der Waals surface area contributed by atoms with Gasteiger partial charge in [-0.2, -0.15) is 0 Å². The summed E-state index contributed by atoms with van der Waals surface area (Å²) in [5.74, 6) is -1.78. The number of hydrogen-bond donors (Lipinski definition) is 0. The number of likely N-dealkylation sites (N-methyl/N-ethyl adjacent to an activating group) is 1. The molecule has 8 heteroatoms. The Labute approximate surface area is 337 Å². The van der Waals surface area contributed by atoms with E-state index in [2.05, 4.69) is 74.6 Å². The Morgan fingerprint density at radius 1 is 0.564 bits per heavy atom. The van der Waals surface area contributed by atoms with Crippen LogP contribution in [0.15, 0.2) is 60.8 Å². The van der Waals surface area contributed by atoms with E-state index in [0.717, 1.165) is 89.9 Å². The molecule has 2 unspecified atom stereocenters. The largest absolute Gasteiger partial charge is 0.544 e. The predicted molar refractivity (Wildman–Crippen MR) is 226 cm³/mol. The summed E-state index contributed by atoms with van der Waals surface area (Å²) >= 11 is 0. The Kier molecular flexibility index (Phi) is 35.9. The van der Waals surface area contributed by atoms with Gasteiger partial charge in [0, 0.05) is 19.3 Å². The molecule has 0 N–H and O–H groups in total. The van der Waals surface area contributed by atoms with Crippen LogP contribution in [0.1, 0.15) is 168 Å². The molecule has 0 saturated heterocycles. The fourth-order valence-electron chi connectivity index (χ4n) is 6.00. The Morgan fingerprint density at radius 2 is 1.02 bits per heavy atom. The van der Waals surface area contributed by atoms with Crippen LogP contribution in [0.25, 0.3) is 0 Å². The normalized spacial score (nSPS) is 13.5. The molecule has 55 heavy (non-hydrogen) atoms. The van der Waals surface area contributed by atoms with Gasteiger partial charge in [-0.1, -0.05) is 132 Å². The number of ether oxygens (including phenoxy) is 3. The van der Waals surface area contributed by atoms with E-state index < -0.39 is 18.1 Å². The van der Waals surface area contributed by atoms with Crippen molar-refractivity contribution in [1.29, 1.82) is 0 Å². The molecule has 0 aliphatic rings. The first-order chi connectivity index (χ1) is 26.6. The smallest absolute Gasteiger partial charge is 0.306 e. The average Bonchev–Trinajstić information content (AvgIpc) is 3.14. The summed E-state index contributed by atoms with van der Waals surface area (Å²) in [5.41, 5.74) is 0. The molecule has 0 bridgehead atoms. The zero-order chi connectivity index (χ0) is 40.7. The van der Waals surface area contributed by atoms with Gasteiger partial charge in [0.25, 0.3) is 0 Å². The van der Waals surface area contributed by atoms with Gasteiger partial charge >= 0.3 is 11.9 Å². The number of unbranched alkanes of at least 4 members (excludes halogenated alkanes) is 14. The van der Waals surface area contributed by atoms with Gasteiger partial charge in [-0.3, -0.25) is 9.59 Å². The predicted octanol–water partition coefficient (Wildman–Crippen LogP) is 10.5. The Hall–Kier alpha value is -2.97. The fraction of sp³-hybridized carbons (Fsp3) is 0.723. The Morgan fingerprint density at radius 3 is 1.53 bits per heavy atom. The third-order valence-corrected chi connectivity index (χ3v) is 9.39. The van der Waals surface area contributed by atoms with Gasteiger partial charge in [-0.15, -0.1) is 0 Å². The van der Waals surface area contributed by atoms with Crippen molar-refractivity contribution in [2.24, 2.45) is 0 Å². The second-order valence-electron chi connectivity index (χ2n) is 15.5. The highest BCUT2D eigenvalue weighted by Gasteiger charge is 2.25. The maximum atomic E-state index is 12.7. The van der Waals surface area contributed by atoms with E-state index in [9.17, 15) is 19.5 Å². The van der Waals surface area contributed by atoms with Crippen LogP contribution in [0.3, 0.4) is 0 Å². The van der Waals surface area contributed by atoms with Crippen LogP contribution in [0.2, 0.25) is 0 Å². The minimum absolute atomic E-state index is 0.0259. The number of carboxylic acids is 1. The molecule has 0 fully saturated rings. The summed E-state index contributed by atoms with van der Waals surface area (Å²) in [6, 6.07) is -0.733. The molecule has 0 aromatic heterocycles. The first kappa shape index (κ1) is 52.0. The van der Waals surface area contributed by atoms with Gasteiger partial charge < -0.3 is 28.6 Å². The summed E-state index contributed by atoms with van der Waals surface area (Å²) in [6.45, 7) is 4.49. The summed E-state index contributed by atoms with van der Waals surface area (Å²) in [5, 5.41) is 11.6. The highest BCUT2D eigenvalue weighted by molar-refractivity contribution is 5.70. The van der Waals surface area contributed by atoms with Crippen molar-refractivity contribution in [3.05, 3.63) is 60.8 Å². The van der Waals surface area contributed by atoms with Crippen molar-refractivity contribution in [2.75, 3.05) is 41.0 Å². The zero-order valence-electron chi connectivity index (χ0n) is 35.8. The first-order valence-electron chi connectivity index (χ1n) is 21.8. The lowest BCUT2D eigenvalue weighted by Gasteiger charge is -2.34. The van der Waals surface area contributed by atoms with Crippen LogP contribution >= 0.6 is 0 Å². The second-order valence-corrected chi connectivity index (χ2v) is 15.5. The number of rotatable bonds is 38. The number of hydrogen-bond acceptors (Lipinski definition) is 7. The lowest BCUT2D eigenvalue weighted by Crippen LogP contribution is -2.55. The molecule has 0 aromatic carbocycles. The minimum Gasteiger partial charge on any atom is -0.544 e. The van der Waals surface area contributed by atoms with Gasteiger partial charge in [0.05, 0.1) is 40.3 Å². The molecule has 0 amide bonds. The Balaban J connectivity index is 4.42. The number of nitrogens with zero attached hydrogens (tertiary/aromatic N) is 1. The lowest BCUT2D eigenvalue weighted by atomic mass is 10.1. The number of carbonyl (C=O) groups excluding carboxylic acids is 3. The number of allylic oxidation sites excluding steroid dienone is 10. The molecule has 0 aliphatic heterocycles. The van der Waals surface area contributed by atoms with Crippen LogP contribution in [0, 0.1) is 0 Å². The third kappa shape index (κ3) is 36.4. The number of carboxylic acid groups (broad SMARTS) is 1. The van der Waals surface area contributed by atoms with Crippen LogP contribution < -0.4 is 5.11 Å². The summed E-state index contributed by atoms with van der Waals surface area (Å²) in [4.78, 5) is 36.8.